The molecule has 1 rings (SSSR count). The van der Waals surface area contributed by atoms with Gasteiger partial charge in [0.05, 0.1) is 0 Å². The third-order valence-corrected chi connectivity index (χ3v) is 2.14. The quantitative estimate of drug-likeness (QED) is 0.406. The molecule has 1 fully saturated rings. The zero-order valence-electron chi connectivity index (χ0n) is 3.03. The molecule has 1 aliphatic rings. The van der Waals surface area contributed by atoms with Gasteiger partial charge in [0.15, 0.2) is 0 Å². The number of nitrogens with two attached hydrogens (primary N) is 1. The van der Waals surface area contributed by atoms with Crippen molar-refractivity contribution < 1.29 is 9.67 Å². The maximum absolute atomic E-state index is 9.99. The molecular formula is C2H5NO2P+. The Balaban J connectivity index is 2.51. The van der Waals surface area contributed by atoms with Crippen molar-refractivity contribution in [3.05, 3.63) is 0 Å². The van der Waals surface area contributed by atoms with Crippen LogP contribution in [0, 0.1) is 0 Å². The summed E-state index contributed by atoms with van der Waals surface area (Å²) >= 11 is 0. The number of rotatable bonds is 0. The van der Waals surface area contributed by atoms with E-state index in [-0.39, 0.29) is 0 Å². The van der Waals surface area contributed by atoms with Crippen molar-refractivity contribution in [2.24, 2.45) is 5.73 Å². The summed E-state index contributed by atoms with van der Waals surface area (Å²) in [4.78, 5) is 0. The number of aliphatic hydroxyl groups is 1. The van der Waals surface area contributed by atoms with Crippen molar-refractivity contribution in [1.82, 2.24) is 0 Å². The molecule has 3 unspecified atom stereocenters. The van der Waals surface area contributed by atoms with Crippen molar-refractivity contribution in [2.75, 3.05) is 0 Å². The van der Waals surface area contributed by atoms with Gasteiger partial charge in [0.25, 0.3) is 5.78 Å². The zero-order valence-corrected chi connectivity index (χ0v) is 3.93. The molecule has 1 heterocycles. The second kappa shape index (κ2) is 0.997. The van der Waals surface area contributed by atoms with Crippen LogP contribution in [0.25, 0.3) is 0 Å². The van der Waals surface area contributed by atoms with Crippen LogP contribution in [0.4, 0.5) is 0 Å². The summed E-state index contributed by atoms with van der Waals surface area (Å²) in [6.45, 7) is 0. The molecular weight excluding hydrogens is 101 g/mol. The van der Waals surface area contributed by atoms with Gasteiger partial charge in [-0.2, -0.15) is 0 Å². The third-order valence-electron chi connectivity index (χ3n) is 0.770. The molecule has 0 spiro atoms. The van der Waals surface area contributed by atoms with Crippen molar-refractivity contribution >= 4 is 7.80 Å². The Morgan fingerprint density at radius 3 is 2.00 bits per heavy atom. The van der Waals surface area contributed by atoms with Gasteiger partial charge < -0.3 is 5.11 Å². The van der Waals surface area contributed by atoms with E-state index in [1.165, 1.54) is 0 Å². The van der Waals surface area contributed by atoms with Crippen LogP contribution in [-0.4, -0.2) is 16.7 Å². The van der Waals surface area contributed by atoms with Crippen LogP contribution in [0.1, 0.15) is 0 Å². The normalized spacial score (nSPS) is 49.3. The van der Waals surface area contributed by atoms with E-state index in [1.807, 2.05) is 0 Å². The topological polar surface area (TPSA) is 63.3 Å². The van der Waals surface area contributed by atoms with Crippen LogP contribution < -0.4 is 5.73 Å². The molecule has 0 bridgehead atoms. The second-order valence-corrected chi connectivity index (χ2v) is 3.11. The first-order chi connectivity index (χ1) is 2.73. The third kappa shape index (κ3) is 0.365. The molecule has 0 aromatic rings. The number of aliphatic hydroxyl groups excluding tert-OH is 1. The van der Waals surface area contributed by atoms with E-state index < -0.39 is 19.4 Å². The minimum absolute atomic E-state index is 0.417. The summed E-state index contributed by atoms with van der Waals surface area (Å²) < 4.78 is 9.99. The van der Waals surface area contributed by atoms with Gasteiger partial charge in [-0.25, -0.2) is 0 Å². The van der Waals surface area contributed by atoms with Gasteiger partial charge in [0.2, 0.25) is 0 Å². The second-order valence-electron chi connectivity index (χ2n) is 1.26. The van der Waals surface area contributed by atoms with E-state index in [9.17, 15) is 4.57 Å². The molecule has 0 aromatic carbocycles. The van der Waals surface area contributed by atoms with Crippen molar-refractivity contribution in [2.45, 2.75) is 11.6 Å². The highest BCUT2D eigenvalue weighted by Gasteiger charge is 2.62. The molecule has 34 valence electrons. The van der Waals surface area contributed by atoms with E-state index in [1.54, 1.807) is 0 Å². The average molecular weight is 106 g/mol. The molecule has 0 aliphatic carbocycles. The Morgan fingerprint density at radius 2 is 2.00 bits per heavy atom. The molecule has 3 nitrogen and oxygen atoms in total. The fourth-order valence-electron chi connectivity index (χ4n) is 0.216. The first-order valence-electron chi connectivity index (χ1n) is 1.62. The van der Waals surface area contributed by atoms with Gasteiger partial charge >= 0.3 is 13.6 Å². The molecule has 1 saturated heterocycles. The van der Waals surface area contributed by atoms with E-state index >= 15 is 0 Å². The largest absolute Gasteiger partial charge is 0.402 e. The highest BCUT2D eigenvalue weighted by molar-refractivity contribution is 7.54. The maximum atomic E-state index is 9.99. The molecule has 0 radical (unpaired) electrons. The lowest BCUT2D eigenvalue weighted by atomic mass is 10.8. The van der Waals surface area contributed by atoms with Crippen LogP contribution in [-0.2, 0) is 4.57 Å². The van der Waals surface area contributed by atoms with Gasteiger partial charge in [-0.05, 0) is 0 Å². The van der Waals surface area contributed by atoms with Gasteiger partial charge in [0, 0.05) is 0 Å². The summed E-state index contributed by atoms with van der Waals surface area (Å²) in [6, 6.07) is 0. The Hall–Kier alpha value is 0.0200. The predicted molar refractivity (Wildman–Crippen MR) is 21.6 cm³/mol. The van der Waals surface area contributed by atoms with Crippen molar-refractivity contribution in [1.29, 1.82) is 0 Å². The van der Waals surface area contributed by atoms with E-state index in [0.29, 0.717) is 0 Å². The molecule has 6 heavy (non-hydrogen) atoms. The van der Waals surface area contributed by atoms with Crippen molar-refractivity contribution in [3.63, 3.8) is 0 Å². The Labute approximate surface area is 35.9 Å². The fourth-order valence-corrected chi connectivity index (χ4v) is 0.812. The molecule has 0 aromatic heterocycles. The Morgan fingerprint density at radius 1 is 1.83 bits per heavy atom. The van der Waals surface area contributed by atoms with Crippen LogP contribution in [0.2, 0.25) is 0 Å². The molecule has 0 amide bonds. The van der Waals surface area contributed by atoms with Crippen LogP contribution in [0.15, 0.2) is 0 Å². The average Bonchev–Trinajstić information content (AvgIpc) is 1.94. The van der Waals surface area contributed by atoms with Gasteiger partial charge in [-0.3, -0.25) is 5.73 Å². The Bertz CT molecular complexity index is 83.5. The summed E-state index contributed by atoms with van der Waals surface area (Å²) in [5.74, 6) is -1.11. The van der Waals surface area contributed by atoms with Crippen LogP contribution >= 0.6 is 7.80 Å². The minimum atomic E-state index is -1.41. The summed E-state index contributed by atoms with van der Waals surface area (Å²) in [6.07, 6.45) is 0. The molecule has 3 N–H and O–H groups in total. The molecule has 1 aliphatic heterocycles. The number of hydrogen-bond acceptors (Lipinski definition) is 3. The minimum Gasteiger partial charge on any atom is -0.346 e. The lowest BCUT2D eigenvalue weighted by Crippen LogP contribution is -2.02. The first kappa shape index (κ1) is 4.19. The summed E-state index contributed by atoms with van der Waals surface area (Å²) in [7, 11) is -1.41. The van der Waals surface area contributed by atoms with E-state index in [4.69, 9.17) is 10.8 Å². The SMILES string of the molecule is NC1C(O)[P+]1=O. The van der Waals surface area contributed by atoms with Gasteiger partial charge in [-0.1, -0.05) is 4.57 Å². The smallest absolute Gasteiger partial charge is 0.346 e. The molecule has 0 saturated carbocycles. The highest BCUT2D eigenvalue weighted by atomic mass is 31.1. The fraction of sp³-hybridized carbons (Fsp3) is 1.00. The molecule has 3 atom stereocenters. The lowest BCUT2D eigenvalue weighted by molar-refractivity contribution is 0.291. The predicted octanol–water partition coefficient (Wildman–Crippen LogP) is -0.569. The van der Waals surface area contributed by atoms with Gasteiger partial charge in [-0.15, -0.1) is 0 Å². The van der Waals surface area contributed by atoms with E-state index in [2.05, 4.69) is 0 Å². The monoisotopic (exact) mass is 106 g/mol. The van der Waals surface area contributed by atoms with Crippen LogP contribution in [0.3, 0.4) is 0 Å². The number of hydrogen-bond donors (Lipinski definition) is 2. The maximum Gasteiger partial charge on any atom is 0.402 e. The molecule has 4 heteroatoms. The Kier molecular flexibility index (Phi) is 0.696. The van der Waals surface area contributed by atoms with E-state index in [0.717, 1.165) is 0 Å². The van der Waals surface area contributed by atoms with Crippen molar-refractivity contribution in [3.8, 4) is 0 Å². The zero-order chi connectivity index (χ0) is 4.73. The summed E-state index contributed by atoms with van der Waals surface area (Å²) in [5.41, 5.74) is 4.98. The first-order valence-corrected chi connectivity index (χ1v) is 3.02. The lowest BCUT2D eigenvalue weighted by Gasteiger charge is -1.53. The standard InChI is InChI=1S/C2H5NO2P/c3-1-2(4)6(1)5/h1-2,4H,3H2/q+1. The van der Waals surface area contributed by atoms with Crippen LogP contribution in [0.5, 0.6) is 0 Å². The summed E-state index contributed by atoms with van der Waals surface area (Å²) in [5, 5.41) is 8.30. The highest BCUT2D eigenvalue weighted by Crippen LogP contribution is 2.50. The van der Waals surface area contributed by atoms with Gasteiger partial charge in [0.1, 0.15) is 0 Å².